The van der Waals surface area contributed by atoms with Crippen LogP contribution in [0.15, 0.2) is 30.2 Å². The summed E-state index contributed by atoms with van der Waals surface area (Å²) in [6, 6.07) is 5.66. The summed E-state index contributed by atoms with van der Waals surface area (Å²) in [6.45, 7) is 5.96. The van der Waals surface area contributed by atoms with E-state index >= 15 is 0 Å². The predicted octanol–water partition coefficient (Wildman–Crippen LogP) is 3.54. The molecular weight excluding hydrogens is 384 g/mol. The van der Waals surface area contributed by atoms with E-state index < -0.39 is 12.2 Å². The van der Waals surface area contributed by atoms with E-state index in [0.29, 0.717) is 29.7 Å². The minimum absolute atomic E-state index is 0.254. The van der Waals surface area contributed by atoms with Gasteiger partial charge in [-0.15, -0.1) is 0 Å². The predicted molar refractivity (Wildman–Crippen MR) is 117 cm³/mol. The Labute approximate surface area is 178 Å². The summed E-state index contributed by atoms with van der Waals surface area (Å²) in [5.41, 5.74) is 2.41. The third-order valence-electron chi connectivity index (χ3n) is 5.65. The second kappa shape index (κ2) is 9.84. The van der Waals surface area contributed by atoms with Gasteiger partial charge in [0, 0.05) is 13.1 Å². The highest BCUT2D eigenvalue weighted by Gasteiger charge is 2.37. The van der Waals surface area contributed by atoms with Gasteiger partial charge in [-0.25, -0.2) is 9.59 Å². The van der Waals surface area contributed by atoms with E-state index in [1.807, 2.05) is 38.2 Å². The molecule has 1 aromatic rings. The number of rotatable bonds is 5. The summed E-state index contributed by atoms with van der Waals surface area (Å²) in [7, 11) is 3.29. The van der Waals surface area contributed by atoms with Crippen molar-refractivity contribution in [3.05, 3.63) is 35.7 Å². The van der Waals surface area contributed by atoms with Crippen molar-refractivity contribution in [3.63, 3.8) is 0 Å². The van der Waals surface area contributed by atoms with Gasteiger partial charge >= 0.3 is 12.2 Å². The van der Waals surface area contributed by atoms with Crippen LogP contribution in [0.4, 0.5) is 21.0 Å². The van der Waals surface area contributed by atoms with Crippen LogP contribution in [0.2, 0.25) is 0 Å². The number of hydrogen-bond acceptors (Lipinski definition) is 6. The van der Waals surface area contributed by atoms with Crippen molar-refractivity contribution in [1.29, 1.82) is 0 Å². The van der Waals surface area contributed by atoms with E-state index in [9.17, 15) is 9.59 Å². The van der Waals surface area contributed by atoms with Crippen LogP contribution >= 0.6 is 0 Å². The Morgan fingerprint density at radius 3 is 2.73 bits per heavy atom. The molecule has 0 saturated heterocycles. The number of nitrogens with one attached hydrogen (secondary N) is 2. The average Bonchev–Trinajstić information content (AvgIpc) is 2.76. The highest BCUT2D eigenvalue weighted by atomic mass is 16.6. The van der Waals surface area contributed by atoms with Gasteiger partial charge in [0.2, 0.25) is 0 Å². The van der Waals surface area contributed by atoms with Gasteiger partial charge in [-0.3, -0.25) is 9.80 Å². The van der Waals surface area contributed by atoms with E-state index in [2.05, 4.69) is 17.6 Å². The highest BCUT2D eigenvalue weighted by Crippen LogP contribution is 2.39. The quantitative estimate of drug-likeness (QED) is 0.764. The topological polar surface area (TPSA) is 83.1 Å². The van der Waals surface area contributed by atoms with Crippen molar-refractivity contribution >= 4 is 23.6 Å². The molecule has 2 N–H and O–H groups in total. The molecule has 2 atom stereocenters. The van der Waals surface area contributed by atoms with E-state index in [1.54, 1.807) is 9.80 Å². The zero-order chi connectivity index (χ0) is 21.7. The number of benzene rings is 1. The van der Waals surface area contributed by atoms with Crippen LogP contribution in [0.5, 0.6) is 0 Å². The molecule has 0 bridgehead atoms. The molecule has 1 aromatic carbocycles. The number of methoxy groups -OCH3 is 1. The molecule has 8 heteroatoms. The standard InChI is InChI=1S/C22H32N4O4/c1-5-16(13-23-3)17-9-10-18-19(12-17)25(14-15(2)26(18)22(28)29-4)21(27)30-20-8-6-7-11-24-20/h8-10,12,15-16,23-24H,5-7,11,13-14H2,1-4H3/t15-,16?/m0/s1. The van der Waals surface area contributed by atoms with Gasteiger partial charge < -0.3 is 20.1 Å². The number of carbonyl (C=O) groups excluding carboxylic acids is 2. The zero-order valence-corrected chi connectivity index (χ0v) is 18.2. The summed E-state index contributed by atoms with van der Waals surface area (Å²) < 4.78 is 10.6. The van der Waals surface area contributed by atoms with Gasteiger partial charge in [0.05, 0.1) is 31.1 Å². The Kier molecular flexibility index (Phi) is 7.20. The maximum atomic E-state index is 13.1. The first-order chi connectivity index (χ1) is 14.5. The number of likely N-dealkylation sites (N-methyl/N-ethyl adjacent to an activating group) is 1. The molecule has 164 valence electrons. The molecule has 0 fully saturated rings. The molecular formula is C22H32N4O4. The Morgan fingerprint density at radius 1 is 1.30 bits per heavy atom. The minimum atomic E-state index is -0.452. The van der Waals surface area contributed by atoms with Gasteiger partial charge in [-0.05, 0) is 62.9 Å². The van der Waals surface area contributed by atoms with E-state index in [0.717, 1.165) is 37.9 Å². The molecule has 1 unspecified atom stereocenters. The van der Waals surface area contributed by atoms with Crippen molar-refractivity contribution in [1.82, 2.24) is 10.6 Å². The summed E-state index contributed by atoms with van der Waals surface area (Å²) in [4.78, 5) is 28.7. The average molecular weight is 417 g/mol. The molecule has 0 aliphatic carbocycles. The smallest absolute Gasteiger partial charge is 0.421 e. The van der Waals surface area contributed by atoms with Gasteiger partial charge in [0.1, 0.15) is 0 Å². The van der Waals surface area contributed by atoms with Crippen molar-refractivity contribution in [3.8, 4) is 0 Å². The normalized spacial score (nSPS) is 19.3. The van der Waals surface area contributed by atoms with E-state index in [-0.39, 0.29) is 6.04 Å². The summed E-state index contributed by atoms with van der Waals surface area (Å²) in [6.07, 6.45) is 3.86. The molecule has 2 amide bonds. The van der Waals surface area contributed by atoms with Crippen LogP contribution in [0.25, 0.3) is 0 Å². The fourth-order valence-corrected chi connectivity index (χ4v) is 4.04. The fraction of sp³-hybridized carbons (Fsp3) is 0.545. The highest BCUT2D eigenvalue weighted by molar-refractivity contribution is 6.01. The second-order valence-corrected chi connectivity index (χ2v) is 7.72. The maximum Gasteiger partial charge on any atom is 0.421 e. The largest absolute Gasteiger partial charge is 0.452 e. The molecule has 2 aliphatic heterocycles. The Bertz CT molecular complexity index is 810. The lowest BCUT2D eigenvalue weighted by molar-refractivity contribution is 0.169. The lowest BCUT2D eigenvalue weighted by atomic mass is 9.94. The lowest BCUT2D eigenvalue weighted by Gasteiger charge is -2.40. The maximum absolute atomic E-state index is 13.1. The number of amides is 2. The van der Waals surface area contributed by atoms with E-state index in [4.69, 9.17) is 9.47 Å². The van der Waals surface area contributed by atoms with Crippen LogP contribution in [-0.2, 0) is 9.47 Å². The number of hydrogen-bond donors (Lipinski definition) is 2. The van der Waals surface area contributed by atoms with Crippen molar-refractivity contribution in [2.75, 3.05) is 43.6 Å². The number of nitrogens with zero attached hydrogens (tertiary/aromatic N) is 2. The van der Waals surface area contributed by atoms with Crippen LogP contribution in [0.1, 0.15) is 44.6 Å². The second-order valence-electron chi connectivity index (χ2n) is 7.72. The van der Waals surface area contributed by atoms with Crippen molar-refractivity contribution in [2.24, 2.45) is 0 Å². The summed E-state index contributed by atoms with van der Waals surface area (Å²) >= 11 is 0. The molecule has 30 heavy (non-hydrogen) atoms. The Hall–Kier alpha value is -2.74. The molecule has 2 aliphatic rings. The lowest BCUT2D eigenvalue weighted by Crippen LogP contribution is -2.52. The van der Waals surface area contributed by atoms with Crippen LogP contribution in [0, 0.1) is 0 Å². The number of ether oxygens (including phenoxy) is 2. The van der Waals surface area contributed by atoms with Crippen molar-refractivity contribution < 1.29 is 19.1 Å². The molecule has 0 saturated carbocycles. The third-order valence-corrected chi connectivity index (χ3v) is 5.65. The minimum Gasteiger partial charge on any atom is -0.452 e. The summed E-state index contributed by atoms with van der Waals surface area (Å²) in [5.74, 6) is 0.792. The SMILES string of the molecule is CCC(CNC)c1ccc2c(c1)N(C(=O)OC1=CCCCN1)C[C@H](C)N2C(=O)OC. The van der Waals surface area contributed by atoms with Gasteiger partial charge in [-0.2, -0.15) is 0 Å². The zero-order valence-electron chi connectivity index (χ0n) is 18.2. The molecule has 0 aromatic heterocycles. The molecule has 0 spiro atoms. The molecule has 0 radical (unpaired) electrons. The molecule has 3 rings (SSSR count). The first-order valence-corrected chi connectivity index (χ1v) is 10.6. The first kappa shape index (κ1) is 22.0. The first-order valence-electron chi connectivity index (χ1n) is 10.6. The third kappa shape index (κ3) is 4.53. The monoisotopic (exact) mass is 416 g/mol. The van der Waals surface area contributed by atoms with Crippen LogP contribution < -0.4 is 20.4 Å². The number of carbonyl (C=O) groups is 2. The van der Waals surface area contributed by atoms with Gasteiger partial charge in [0.15, 0.2) is 5.88 Å². The fourth-order valence-electron chi connectivity index (χ4n) is 4.04. The van der Waals surface area contributed by atoms with Crippen molar-refractivity contribution in [2.45, 2.75) is 45.1 Å². The van der Waals surface area contributed by atoms with Gasteiger partial charge in [-0.1, -0.05) is 13.0 Å². The van der Waals surface area contributed by atoms with Crippen LogP contribution in [0.3, 0.4) is 0 Å². The Morgan fingerprint density at radius 2 is 2.10 bits per heavy atom. The Balaban J connectivity index is 1.98. The van der Waals surface area contributed by atoms with Crippen LogP contribution in [-0.4, -0.2) is 52.0 Å². The number of allylic oxidation sites excluding steroid dienone is 1. The van der Waals surface area contributed by atoms with Gasteiger partial charge in [0.25, 0.3) is 0 Å². The van der Waals surface area contributed by atoms with E-state index in [1.165, 1.54) is 7.11 Å². The number of fused-ring (bicyclic) bond motifs is 1. The molecule has 8 nitrogen and oxygen atoms in total. The number of anilines is 2. The summed E-state index contributed by atoms with van der Waals surface area (Å²) in [5, 5.41) is 6.34. The molecule has 2 heterocycles.